The Hall–Kier alpha value is -0.650. The van der Waals surface area contributed by atoms with Crippen LogP contribution in [-0.2, 0) is 9.59 Å². The summed E-state index contributed by atoms with van der Waals surface area (Å²) >= 11 is 0. The van der Waals surface area contributed by atoms with Gasteiger partial charge in [0.05, 0.1) is 0 Å². The van der Waals surface area contributed by atoms with Crippen molar-refractivity contribution in [1.82, 2.24) is 10.2 Å². The molecular formula is C12H17N2NaO3. The number of carbonyl (C=O) groups excluding carboxylic acids is 3. The van der Waals surface area contributed by atoms with Crippen molar-refractivity contribution in [2.75, 3.05) is 7.05 Å². The first-order valence-electron chi connectivity index (χ1n) is 5.81. The Morgan fingerprint density at radius 2 is 2.00 bits per heavy atom. The maximum Gasteiger partial charge on any atom is 1.00 e. The first-order chi connectivity index (χ1) is 7.98. The molecule has 1 fully saturated rings. The number of barbiturate groups is 1. The van der Waals surface area contributed by atoms with E-state index in [9.17, 15) is 14.4 Å². The summed E-state index contributed by atoms with van der Waals surface area (Å²) in [5, 5.41) is 2.23. The summed E-state index contributed by atoms with van der Waals surface area (Å²) in [4.78, 5) is 36.5. The van der Waals surface area contributed by atoms with Crippen molar-refractivity contribution in [1.29, 1.82) is 0 Å². The third-order valence-corrected chi connectivity index (χ3v) is 3.64. The van der Waals surface area contributed by atoms with E-state index in [1.807, 2.05) is 6.08 Å². The zero-order chi connectivity index (χ0) is 12.6. The van der Waals surface area contributed by atoms with Gasteiger partial charge in [0, 0.05) is 7.05 Å². The summed E-state index contributed by atoms with van der Waals surface area (Å²) in [6.07, 6.45) is 5.68. The molecule has 2 aliphatic rings. The Morgan fingerprint density at radius 1 is 1.33 bits per heavy atom. The second-order valence-corrected chi connectivity index (χ2v) is 4.72. The van der Waals surface area contributed by atoms with Crippen molar-refractivity contribution in [2.24, 2.45) is 5.41 Å². The average Bonchev–Trinajstić information content (AvgIpc) is 2.35. The smallest absolute Gasteiger partial charge is 1.00 e. The first kappa shape index (κ1) is 15.4. The number of allylic oxidation sites excluding steroid dienone is 1. The fourth-order valence-corrected chi connectivity index (χ4v) is 2.41. The molecular weight excluding hydrogens is 243 g/mol. The van der Waals surface area contributed by atoms with Gasteiger partial charge in [0.1, 0.15) is 5.41 Å². The second kappa shape index (κ2) is 5.55. The molecule has 1 aliphatic carbocycles. The van der Waals surface area contributed by atoms with Crippen LogP contribution < -0.4 is 34.9 Å². The number of urea groups is 1. The molecule has 0 aromatic carbocycles. The SMILES string of the molecule is CN1C(=O)NC(=O)[C@](C)(C2=CCCCC2)C1=O.[H-].[Na+]. The van der Waals surface area contributed by atoms with E-state index >= 15 is 0 Å². The number of nitrogens with one attached hydrogen (secondary N) is 1. The molecule has 4 amide bonds. The molecule has 0 aromatic rings. The van der Waals surface area contributed by atoms with Crippen molar-refractivity contribution in [3.05, 3.63) is 11.6 Å². The van der Waals surface area contributed by atoms with E-state index < -0.39 is 23.3 Å². The second-order valence-electron chi connectivity index (χ2n) is 4.72. The van der Waals surface area contributed by atoms with Crippen LogP contribution in [0.5, 0.6) is 0 Å². The van der Waals surface area contributed by atoms with Crippen molar-refractivity contribution in [3.63, 3.8) is 0 Å². The van der Waals surface area contributed by atoms with Gasteiger partial charge >= 0.3 is 35.6 Å². The standard InChI is InChI=1S/C12H16N2O3.Na.H/c1-12(8-6-4-3-5-7-8)9(15)13-11(17)14(2)10(12)16;;/h6H,3-5,7H2,1-2H3,(H,13,15,17);;/q;+1;-1/t12-;;/m0../s1. The van der Waals surface area contributed by atoms with Gasteiger partial charge in [-0.1, -0.05) is 6.08 Å². The quantitative estimate of drug-likeness (QED) is 0.348. The molecule has 0 spiro atoms. The third kappa shape index (κ3) is 2.27. The van der Waals surface area contributed by atoms with Crippen LogP contribution in [0.4, 0.5) is 4.79 Å². The van der Waals surface area contributed by atoms with Gasteiger partial charge in [-0.15, -0.1) is 0 Å². The van der Waals surface area contributed by atoms with E-state index in [-0.39, 0.29) is 31.0 Å². The zero-order valence-corrected chi connectivity index (χ0v) is 13.1. The number of carbonyl (C=O) groups is 3. The molecule has 94 valence electrons. The van der Waals surface area contributed by atoms with Crippen LogP contribution in [0.1, 0.15) is 34.0 Å². The van der Waals surface area contributed by atoms with Gasteiger partial charge < -0.3 is 1.43 Å². The largest absolute Gasteiger partial charge is 1.00 e. The fourth-order valence-electron chi connectivity index (χ4n) is 2.41. The molecule has 18 heavy (non-hydrogen) atoms. The van der Waals surface area contributed by atoms with Gasteiger partial charge in [0.15, 0.2) is 0 Å². The van der Waals surface area contributed by atoms with Gasteiger partial charge in [-0.3, -0.25) is 19.8 Å². The van der Waals surface area contributed by atoms with Crippen molar-refractivity contribution in [2.45, 2.75) is 32.6 Å². The van der Waals surface area contributed by atoms with Gasteiger partial charge in [-0.2, -0.15) is 0 Å². The molecule has 2 rings (SSSR count). The minimum Gasteiger partial charge on any atom is -1.00 e. The number of hydrogen-bond acceptors (Lipinski definition) is 3. The maximum atomic E-state index is 12.2. The number of hydrogen-bond donors (Lipinski definition) is 1. The molecule has 5 nitrogen and oxygen atoms in total. The van der Waals surface area contributed by atoms with Crippen LogP contribution in [0.2, 0.25) is 0 Å². The average molecular weight is 260 g/mol. The summed E-state index contributed by atoms with van der Waals surface area (Å²) < 4.78 is 0. The molecule has 1 atom stereocenters. The van der Waals surface area contributed by atoms with E-state index in [0.29, 0.717) is 0 Å². The number of nitrogens with zero attached hydrogens (tertiary/aromatic N) is 1. The van der Waals surface area contributed by atoms with Gasteiger partial charge in [0.25, 0.3) is 0 Å². The van der Waals surface area contributed by atoms with Crippen molar-refractivity contribution < 1.29 is 45.4 Å². The van der Waals surface area contributed by atoms with Gasteiger partial charge in [-0.25, -0.2) is 4.79 Å². The predicted octanol–water partition coefficient (Wildman–Crippen LogP) is -1.68. The normalized spacial score (nSPS) is 28.4. The summed E-state index contributed by atoms with van der Waals surface area (Å²) in [5.74, 6) is -0.932. The predicted molar refractivity (Wildman–Crippen MR) is 62.1 cm³/mol. The number of rotatable bonds is 1. The van der Waals surface area contributed by atoms with Crippen LogP contribution >= 0.6 is 0 Å². The van der Waals surface area contributed by atoms with Gasteiger partial charge in [0.2, 0.25) is 11.8 Å². The molecule has 1 saturated heterocycles. The zero-order valence-electron chi connectivity index (χ0n) is 12.1. The molecule has 0 radical (unpaired) electrons. The number of amides is 4. The molecule has 0 saturated carbocycles. The summed E-state index contributed by atoms with van der Waals surface area (Å²) in [6, 6.07) is -0.645. The maximum absolute atomic E-state index is 12.2. The van der Waals surface area contributed by atoms with Crippen LogP contribution in [0.3, 0.4) is 0 Å². The minimum atomic E-state index is -1.21. The topological polar surface area (TPSA) is 66.5 Å². The number of imide groups is 2. The van der Waals surface area contributed by atoms with Crippen LogP contribution in [0.15, 0.2) is 11.6 Å². The van der Waals surface area contributed by atoms with Crippen molar-refractivity contribution in [3.8, 4) is 0 Å². The Balaban J connectivity index is 0.00000162. The molecule has 0 unspecified atom stereocenters. The minimum absolute atomic E-state index is 0. The molecule has 1 aliphatic heterocycles. The summed E-state index contributed by atoms with van der Waals surface area (Å²) in [6.45, 7) is 1.60. The summed E-state index contributed by atoms with van der Waals surface area (Å²) in [7, 11) is 1.39. The summed E-state index contributed by atoms with van der Waals surface area (Å²) in [5.41, 5.74) is -0.367. The Kier molecular flexibility index (Phi) is 4.75. The molecule has 1 N–H and O–H groups in total. The van der Waals surface area contributed by atoms with E-state index in [4.69, 9.17) is 0 Å². The molecule has 0 aromatic heterocycles. The van der Waals surface area contributed by atoms with Crippen LogP contribution in [0.25, 0.3) is 0 Å². The third-order valence-electron chi connectivity index (χ3n) is 3.64. The van der Waals surface area contributed by atoms with Crippen molar-refractivity contribution >= 4 is 17.8 Å². The van der Waals surface area contributed by atoms with E-state index in [0.717, 1.165) is 36.2 Å². The first-order valence-corrected chi connectivity index (χ1v) is 5.81. The Bertz CT molecular complexity index is 439. The molecule has 0 bridgehead atoms. The molecule has 1 heterocycles. The Labute approximate surface area is 130 Å². The van der Waals surface area contributed by atoms with Crippen LogP contribution in [-0.4, -0.2) is 29.8 Å². The van der Waals surface area contributed by atoms with Gasteiger partial charge in [-0.05, 0) is 38.2 Å². The fraction of sp³-hybridized carbons (Fsp3) is 0.583. The monoisotopic (exact) mass is 260 g/mol. The van der Waals surface area contributed by atoms with E-state index in [1.165, 1.54) is 7.05 Å². The van der Waals surface area contributed by atoms with E-state index in [1.54, 1.807) is 6.92 Å². The Morgan fingerprint density at radius 3 is 2.56 bits per heavy atom. The molecule has 6 heteroatoms. The van der Waals surface area contributed by atoms with E-state index in [2.05, 4.69) is 5.32 Å². The van der Waals surface area contributed by atoms with Crippen LogP contribution in [0, 0.1) is 5.41 Å².